The van der Waals surface area contributed by atoms with Crippen molar-refractivity contribution in [2.75, 3.05) is 13.2 Å². The minimum atomic E-state index is -1.19. The third-order valence-corrected chi connectivity index (χ3v) is 2.41. The van der Waals surface area contributed by atoms with Gasteiger partial charge in [-0.1, -0.05) is 17.7 Å². The predicted molar refractivity (Wildman–Crippen MR) is 60.8 cm³/mol. The average Bonchev–Trinajstić information content (AvgIpc) is 2.21. The SMILES string of the molecule is CC(O)(CO)CNCc1ccc(Cl)cc1F. The Balaban J connectivity index is 2.49. The van der Waals surface area contributed by atoms with E-state index in [9.17, 15) is 9.50 Å². The first kappa shape index (κ1) is 13.4. The fourth-order valence-electron chi connectivity index (χ4n) is 1.19. The van der Waals surface area contributed by atoms with Gasteiger partial charge in [-0.05, 0) is 19.1 Å². The normalized spacial score (nSPS) is 14.8. The monoisotopic (exact) mass is 247 g/mol. The number of aliphatic hydroxyl groups excluding tert-OH is 1. The van der Waals surface area contributed by atoms with Crippen LogP contribution in [0, 0.1) is 5.82 Å². The molecule has 0 fully saturated rings. The second-order valence-corrected chi connectivity index (χ2v) is 4.43. The van der Waals surface area contributed by atoms with Gasteiger partial charge < -0.3 is 15.5 Å². The molecule has 0 heterocycles. The maximum absolute atomic E-state index is 13.3. The Morgan fingerprint density at radius 2 is 2.19 bits per heavy atom. The molecule has 1 atom stereocenters. The lowest BCUT2D eigenvalue weighted by Crippen LogP contribution is -2.40. The maximum Gasteiger partial charge on any atom is 0.129 e. The number of nitrogens with one attached hydrogen (secondary N) is 1. The van der Waals surface area contributed by atoms with E-state index in [4.69, 9.17) is 16.7 Å². The van der Waals surface area contributed by atoms with Crippen LogP contribution in [-0.2, 0) is 6.54 Å². The maximum atomic E-state index is 13.3. The molecule has 0 bridgehead atoms. The first-order chi connectivity index (χ1) is 7.44. The largest absolute Gasteiger partial charge is 0.393 e. The van der Waals surface area contributed by atoms with E-state index in [-0.39, 0.29) is 25.5 Å². The van der Waals surface area contributed by atoms with Crippen LogP contribution in [0.1, 0.15) is 12.5 Å². The zero-order valence-electron chi connectivity index (χ0n) is 9.00. The molecule has 1 aromatic rings. The van der Waals surface area contributed by atoms with Crippen molar-refractivity contribution in [2.45, 2.75) is 19.1 Å². The Bertz CT molecular complexity index is 358. The molecule has 0 amide bonds. The van der Waals surface area contributed by atoms with Crippen molar-refractivity contribution in [3.63, 3.8) is 0 Å². The molecule has 0 saturated carbocycles. The number of halogens is 2. The van der Waals surface area contributed by atoms with E-state index in [1.54, 1.807) is 12.1 Å². The van der Waals surface area contributed by atoms with Crippen LogP contribution in [0.4, 0.5) is 4.39 Å². The topological polar surface area (TPSA) is 52.5 Å². The lowest BCUT2D eigenvalue weighted by atomic mass is 10.1. The van der Waals surface area contributed by atoms with Gasteiger partial charge >= 0.3 is 0 Å². The van der Waals surface area contributed by atoms with Crippen LogP contribution in [0.25, 0.3) is 0 Å². The number of benzene rings is 1. The predicted octanol–water partition coefficient (Wildman–Crippen LogP) is 1.31. The van der Waals surface area contributed by atoms with Crippen LogP contribution in [0.3, 0.4) is 0 Å². The van der Waals surface area contributed by atoms with Gasteiger partial charge in [0, 0.05) is 23.7 Å². The van der Waals surface area contributed by atoms with Crippen molar-refractivity contribution in [1.82, 2.24) is 5.32 Å². The molecule has 5 heteroatoms. The van der Waals surface area contributed by atoms with Crippen LogP contribution >= 0.6 is 11.6 Å². The van der Waals surface area contributed by atoms with Crippen molar-refractivity contribution in [3.8, 4) is 0 Å². The second-order valence-electron chi connectivity index (χ2n) is 3.99. The lowest BCUT2D eigenvalue weighted by molar-refractivity contribution is 0.00249. The standard InChI is InChI=1S/C11H15ClFNO2/c1-11(16,7-15)6-14-5-8-2-3-9(12)4-10(8)13/h2-4,14-16H,5-7H2,1H3. The molecule has 0 aliphatic rings. The molecule has 16 heavy (non-hydrogen) atoms. The fraction of sp³-hybridized carbons (Fsp3) is 0.455. The van der Waals surface area contributed by atoms with E-state index >= 15 is 0 Å². The molecule has 0 aliphatic heterocycles. The minimum Gasteiger partial charge on any atom is -0.393 e. The first-order valence-corrected chi connectivity index (χ1v) is 5.30. The zero-order valence-corrected chi connectivity index (χ0v) is 9.76. The van der Waals surface area contributed by atoms with Crippen molar-refractivity contribution in [3.05, 3.63) is 34.6 Å². The molecule has 0 spiro atoms. The second kappa shape index (κ2) is 5.59. The summed E-state index contributed by atoms with van der Waals surface area (Å²) >= 11 is 5.61. The molecule has 0 aromatic heterocycles. The molecular formula is C11H15ClFNO2. The van der Waals surface area contributed by atoms with Crippen molar-refractivity contribution in [2.24, 2.45) is 0 Å². The van der Waals surface area contributed by atoms with Gasteiger partial charge in [0.2, 0.25) is 0 Å². The van der Waals surface area contributed by atoms with Gasteiger partial charge in [-0.3, -0.25) is 0 Å². The summed E-state index contributed by atoms with van der Waals surface area (Å²) in [6.45, 7) is 1.62. The Morgan fingerprint density at radius 3 is 2.75 bits per heavy atom. The summed E-state index contributed by atoms with van der Waals surface area (Å²) in [5.41, 5.74) is -0.721. The highest BCUT2D eigenvalue weighted by atomic mass is 35.5. The molecule has 0 radical (unpaired) electrons. The van der Waals surface area contributed by atoms with Gasteiger partial charge in [-0.2, -0.15) is 0 Å². The highest BCUT2D eigenvalue weighted by Gasteiger charge is 2.18. The quantitative estimate of drug-likeness (QED) is 0.736. The van der Waals surface area contributed by atoms with Crippen molar-refractivity contribution >= 4 is 11.6 Å². The van der Waals surface area contributed by atoms with E-state index < -0.39 is 5.60 Å². The van der Waals surface area contributed by atoms with Crippen LogP contribution < -0.4 is 5.32 Å². The summed E-state index contributed by atoms with van der Waals surface area (Å²) in [6.07, 6.45) is 0. The van der Waals surface area contributed by atoms with Gasteiger partial charge in [-0.25, -0.2) is 4.39 Å². The molecule has 3 N–H and O–H groups in total. The smallest absolute Gasteiger partial charge is 0.129 e. The molecule has 1 unspecified atom stereocenters. The number of aliphatic hydroxyl groups is 2. The van der Waals surface area contributed by atoms with E-state index in [1.165, 1.54) is 13.0 Å². The average molecular weight is 248 g/mol. The molecule has 1 rings (SSSR count). The number of hydrogen-bond acceptors (Lipinski definition) is 3. The number of rotatable bonds is 5. The Labute approximate surface area is 98.9 Å². The van der Waals surface area contributed by atoms with Gasteiger partial charge in [-0.15, -0.1) is 0 Å². The van der Waals surface area contributed by atoms with E-state index in [0.717, 1.165) is 0 Å². The molecule has 90 valence electrons. The van der Waals surface area contributed by atoms with Gasteiger partial charge in [0.1, 0.15) is 5.82 Å². The van der Waals surface area contributed by atoms with Crippen molar-refractivity contribution in [1.29, 1.82) is 0 Å². The van der Waals surface area contributed by atoms with Crippen LogP contribution in [-0.4, -0.2) is 29.0 Å². The summed E-state index contributed by atoms with van der Waals surface area (Å²) in [5.74, 6) is -0.386. The zero-order chi connectivity index (χ0) is 12.2. The fourth-order valence-corrected chi connectivity index (χ4v) is 1.35. The summed E-state index contributed by atoms with van der Waals surface area (Å²) in [7, 11) is 0. The Morgan fingerprint density at radius 1 is 1.50 bits per heavy atom. The van der Waals surface area contributed by atoms with Crippen molar-refractivity contribution < 1.29 is 14.6 Å². The van der Waals surface area contributed by atoms with Gasteiger partial charge in [0.05, 0.1) is 12.2 Å². The third kappa shape index (κ3) is 4.06. The highest BCUT2D eigenvalue weighted by molar-refractivity contribution is 6.30. The summed E-state index contributed by atoms with van der Waals surface area (Å²) in [6, 6.07) is 4.42. The third-order valence-electron chi connectivity index (χ3n) is 2.18. The molecule has 3 nitrogen and oxygen atoms in total. The van der Waals surface area contributed by atoms with E-state index in [2.05, 4.69) is 5.32 Å². The number of hydrogen-bond donors (Lipinski definition) is 3. The first-order valence-electron chi connectivity index (χ1n) is 4.92. The summed E-state index contributed by atoms with van der Waals surface area (Å²) < 4.78 is 13.3. The van der Waals surface area contributed by atoms with Gasteiger partial charge in [0.15, 0.2) is 0 Å². The molecule has 0 aliphatic carbocycles. The minimum absolute atomic E-state index is 0.186. The molecule has 0 saturated heterocycles. The summed E-state index contributed by atoms with van der Waals surface area (Å²) in [4.78, 5) is 0. The van der Waals surface area contributed by atoms with Crippen LogP contribution in [0.15, 0.2) is 18.2 Å². The van der Waals surface area contributed by atoms with Gasteiger partial charge in [0.25, 0.3) is 0 Å². The van der Waals surface area contributed by atoms with E-state index in [1.807, 2.05) is 0 Å². The van der Waals surface area contributed by atoms with E-state index in [0.29, 0.717) is 10.6 Å². The molecule has 1 aromatic carbocycles. The Kier molecular flexibility index (Phi) is 4.68. The molecular weight excluding hydrogens is 233 g/mol. The summed E-state index contributed by atoms with van der Waals surface area (Å²) in [5, 5.41) is 21.5. The van der Waals surface area contributed by atoms with Crippen LogP contribution in [0.5, 0.6) is 0 Å². The van der Waals surface area contributed by atoms with Crippen LogP contribution in [0.2, 0.25) is 5.02 Å². The highest BCUT2D eigenvalue weighted by Crippen LogP contribution is 2.14. The lowest BCUT2D eigenvalue weighted by Gasteiger charge is -2.20. The Hall–Kier alpha value is -0.680.